The Kier molecular flexibility index (Phi) is 14.4. The number of aromatic nitrogens is 3. The molecule has 1 heterocycles. The minimum Gasteiger partial charge on any atom is -0.352 e. The summed E-state index contributed by atoms with van der Waals surface area (Å²) < 4.78 is 4.10. The van der Waals surface area contributed by atoms with Crippen molar-refractivity contribution in [2.75, 3.05) is 0 Å². The van der Waals surface area contributed by atoms with Gasteiger partial charge in [0.25, 0.3) is 0 Å². The number of carbonyl (C=O) groups is 1. The Labute approximate surface area is 348 Å². The van der Waals surface area contributed by atoms with E-state index in [4.69, 9.17) is 9.68 Å². The first kappa shape index (κ1) is 47.2. The highest BCUT2D eigenvalue weighted by molar-refractivity contribution is 5.82. The summed E-state index contributed by atoms with van der Waals surface area (Å²) in [6, 6.07) is -0.0318. The van der Waals surface area contributed by atoms with Crippen molar-refractivity contribution in [3.8, 4) is 0 Å². The molecule has 12 heteroatoms. The van der Waals surface area contributed by atoms with E-state index in [0.29, 0.717) is 31.1 Å². The van der Waals surface area contributed by atoms with E-state index < -0.39 is 27.9 Å². The van der Waals surface area contributed by atoms with Gasteiger partial charge in [0.2, 0.25) is 5.88 Å². The molecule has 3 aliphatic rings. The van der Waals surface area contributed by atoms with Crippen LogP contribution in [0, 0.1) is 44.3 Å². The molecule has 1 N–H and O–H groups in total. The highest BCUT2D eigenvalue weighted by atomic mass is 16.7. The van der Waals surface area contributed by atoms with Crippen LogP contribution in [-0.4, -0.2) is 37.1 Å². The van der Waals surface area contributed by atoms with Crippen LogP contribution < -0.4 is 22.4 Å². The number of hydrogen-bond acceptors (Lipinski definition) is 9. The SMILES string of the molecule is C=C(NC1CC(C)(C)CC(C)(Cn2c(=O)n(CC3(C)CC(C)CC(C)(C)C3)c(=O)n(CC3(C)CC(CC(=O)O/N=C(\C)CC)CC(C)(C)C3)c2=O)C1)O/N=C(/C)CC. The number of nitrogens with zero attached hydrogens (tertiary/aromatic N) is 5. The monoisotopic (exact) mass is 811 g/mol. The van der Waals surface area contributed by atoms with Gasteiger partial charge in [-0.25, -0.2) is 32.9 Å². The van der Waals surface area contributed by atoms with Crippen LogP contribution in [0.4, 0.5) is 0 Å². The number of hydrogen-bond donors (Lipinski definition) is 1. The summed E-state index contributed by atoms with van der Waals surface area (Å²) in [4.78, 5) is 68.3. The Balaban J connectivity index is 1.78. The van der Waals surface area contributed by atoms with Crippen molar-refractivity contribution >= 4 is 17.4 Å². The zero-order valence-corrected chi connectivity index (χ0v) is 38.7. The Morgan fingerprint density at radius 1 is 0.655 bits per heavy atom. The summed E-state index contributed by atoms with van der Waals surface area (Å²) in [5, 5.41) is 11.6. The molecule has 4 rings (SSSR count). The van der Waals surface area contributed by atoms with Crippen LogP contribution in [0.5, 0.6) is 0 Å². The molecule has 6 unspecified atom stereocenters. The van der Waals surface area contributed by atoms with Crippen molar-refractivity contribution in [3.05, 3.63) is 43.9 Å². The van der Waals surface area contributed by atoms with Crippen LogP contribution >= 0.6 is 0 Å². The lowest BCUT2D eigenvalue weighted by molar-refractivity contribution is -0.146. The molecule has 1 aromatic rings. The van der Waals surface area contributed by atoms with Crippen molar-refractivity contribution in [2.24, 2.45) is 54.6 Å². The molecule has 0 saturated heterocycles. The maximum atomic E-state index is 14.9. The van der Waals surface area contributed by atoms with Crippen LogP contribution in [0.25, 0.3) is 0 Å². The molecule has 0 bridgehead atoms. The predicted octanol–water partition coefficient (Wildman–Crippen LogP) is 9.02. The van der Waals surface area contributed by atoms with Crippen LogP contribution in [-0.2, 0) is 34.1 Å². The molecule has 0 aromatic carbocycles. The van der Waals surface area contributed by atoms with Crippen molar-refractivity contribution < 1.29 is 14.5 Å². The van der Waals surface area contributed by atoms with Gasteiger partial charge in [-0.2, -0.15) is 0 Å². The highest BCUT2D eigenvalue weighted by Gasteiger charge is 2.46. The fourth-order valence-corrected chi connectivity index (χ4v) is 12.4. The van der Waals surface area contributed by atoms with Crippen molar-refractivity contribution in [2.45, 2.75) is 200 Å². The third-order valence-electron chi connectivity index (χ3n) is 13.1. The molecule has 0 radical (unpaired) electrons. The lowest BCUT2D eigenvalue weighted by Crippen LogP contribution is -2.59. The zero-order chi connectivity index (χ0) is 43.6. The highest BCUT2D eigenvalue weighted by Crippen LogP contribution is 2.51. The van der Waals surface area contributed by atoms with Gasteiger partial charge in [0, 0.05) is 25.7 Å². The van der Waals surface area contributed by atoms with E-state index in [-0.39, 0.29) is 65.6 Å². The third kappa shape index (κ3) is 12.5. The summed E-state index contributed by atoms with van der Waals surface area (Å²) in [7, 11) is 0. The second kappa shape index (κ2) is 17.6. The standard InChI is InChI=1S/C46H78N6O6/c1-16-32(4)48-57-34(6)47-36-23-43(11,12)27-46(15,24-36)30-52-39(55)50(28-44(13)20-31(3)19-41(7,8)25-44)38(54)51(40(52)56)29-45(14)22-35(21-42(9,10)26-45)18-37(53)58-49-33(5)17-2/h31,35-36,47H,6,16-30H2,1-5,7-15H3/b48-32-,49-33+. The first-order chi connectivity index (χ1) is 26.6. The zero-order valence-electron chi connectivity index (χ0n) is 38.7. The van der Waals surface area contributed by atoms with E-state index >= 15 is 0 Å². The molecule has 0 aliphatic heterocycles. The van der Waals surface area contributed by atoms with Crippen LogP contribution in [0.1, 0.15) is 174 Å². The molecule has 58 heavy (non-hydrogen) atoms. The van der Waals surface area contributed by atoms with E-state index in [0.717, 1.165) is 62.8 Å². The lowest BCUT2D eigenvalue weighted by atomic mass is 9.60. The minimum atomic E-state index is -0.565. The second-order valence-corrected chi connectivity index (χ2v) is 22.6. The summed E-state index contributed by atoms with van der Waals surface area (Å²) in [5.41, 5.74) is -1.56. The predicted molar refractivity (Wildman–Crippen MR) is 234 cm³/mol. The maximum absolute atomic E-state index is 14.9. The summed E-state index contributed by atoms with van der Waals surface area (Å²) in [5.74, 6) is 0.404. The molecule has 3 aliphatic carbocycles. The number of oxime groups is 2. The largest absolute Gasteiger partial charge is 0.352 e. The van der Waals surface area contributed by atoms with Crippen molar-refractivity contribution in [1.82, 2.24) is 19.0 Å². The van der Waals surface area contributed by atoms with Gasteiger partial charge in [0.15, 0.2) is 0 Å². The van der Waals surface area contributed by atoms with Gasteiger partial charge in [0.1, 0.15) is 0 Å². The molecule has 3 fully saturated rings. The molecule has 3 saturated carbocycles. The number of carbonyl (C=O) groups excluding carboxylic acids is 1. The van der Waals surface area contributed by atoms with Crippen molar-refractivity contribution in [3.63, 3.8) is 0 Å². The molecule has 12 nitrogen and oxygen atoms in total. The molecule has 328 valence electrons. The average Bonchev–Trinajstić information content (AvgIpc) is 3.05. The van der Waals surface area contributed by atoms with E-state index in [1.165, 1.54) is 13.7 Å². The number of rotatable bonds is 15. The summed E-state index contributed by atoms with van der Waals surface area (Å²) in [6.45, 7) is 34.4. The van der Waals surface area contributed by atoms with Gasteiger partial charge in [-0.05, 0) is 135 Å². The van der Waals surface area contributed by atoms with Crippen molar-refractivity contribution in [1.29, 1.82) is 0 Å². The second-order valence-electron chi connectivity index (χ2n) is 22.6. The van der Waals surface area contributed by atoms with Crippen LogP contribution in [0.2, 0.25) is 0 Å². The topological polar surface area (TPSA) is 138 Å². The Hall–Kier alpha value is -3.44. The van der Waals surface area contributed by atoms with Gasteiger partial charge in [-0.1, -0.05) is 93.4 Å². The van der Waals surface area contributed by atoms with Crippen LogP contribution in [0.3, 0.4) is 0 Å². The molecule has 0 amide bonds. The van der Waals surface area contributed by atoms with E-state index in [1.54, 1.807) is 0 Å². The molecule has 6 atom stereocenters. The summed E-state index contributed by atoms with van der Waals surface area (Å²) in [6.07, 6.45) is 8.98. The average molecular weight is 811 g/mol. The molecule has 1 aromatic heterocycles. The van der Waals surface area contributed by atoms with Gasteiger partial charge < -0.3 is 15.0 Å². The maximum Gasteiger partial charge on any atom is 0.336 e. The molecular formula is C46H78N6O6. The fourth-order valence-electron chi connectivity index (χ4n) is 12.4. The fraction of sp³-hybridized carbons (Fsp3) is 0.826. The quantitative estimate of drug-likeness (QED) is 0.0808. The van der Waals surface area contributed by atoms with E-state index in [1.807, 2.05) is 27.7 Å². The Bertz CT molecular complexity index is 1800. The first-order valence-corrected chi connectivity index (χ1v) is 21.9. The van der Waals surface area contributed by atoms with Gasteiger partial charge in [-0.15, -0.1) is 0 Å². The Morgan fingerprint density at radius 3 is 1.53 bits per heavy atom. The van der Waals surface area contributed by atoms with E-state index in [2.05, 4.69) is 91.4 Å². The molecule has 0 spiro atoms. The minimum absolute atomic E-state index is 0.0183. The Morgan fingerprint density at radius 2 is 1.07 bits per heavy atom. The first-order valence-electron chi connectivity index (χ1n) is 21.9. The summed E-state index contributed by atoms with van der Waals surface area (Å²) >= 11 is 0. The van der Waals surface area contributed by atoms with Gasteiger partial charge in [0.05, 0.1) is 17.8 Å². The normalized spacial score (nSPS) is 31.0. The van der Waals surface area contributed by atoms with Gasteiger partial charge in [-0.3, -0.25) is 0 Å². The number of nitrogens with one attached hydrogen (secondary N) is 1. The van der Waals surface area contributed by atoms with E-state index in [9.17, 15) is 19.2 Å². The molecular weight excluding hydrogens is 733 g/mol. The van der Waals surface area contributed by atoms with Gasteiger partial charge >= 0.3 is 23.0 Å². The van der Waals surface area contributed by atoms with Crippen LogP contribution in [0.15, 0.2) is 37.2 Å². The smallest absolute Gasteiger partial charge is 0.336 e. The lowest BCUT2D eigenvalue weighted by Gasteiger charge is -2.47. The third-order valence-corrected chi connectivity index (χ3v) is 13.1.